The molecule has 8 heavy (non-hydrogen) atoms. The van der Waals surface area contributed by atoms with Crippen molar-refractivity contribution in [3.8, 4) is 12.3 Å². The highest BCUT2D eigenvalue weighted by atomic mass is 14.6. The van der Waals surface area contributed by atoms with Gasteiger partial charge in [-0.3, -0.25) is 4.99 Å². The number of terminal acetylenes is 1. The normalized spacial score (nSPS) is 9.88. The number of hydrogen-bond acceptors (Lipinski definition) is 1. The van der Waals surface area contributed by atoms with Crippen molar-refractivity contribution in [2.45, 2.75) is 0 Å². The summed E-state index contributed by atoms with van der Waals surface area (Å²) in [6, 6.07) is 0. The Morgan fingerprint density at radius 3 is 2.88 bits per heavy atom. The van der Waals surface area contributed by atoms with Crippen LogP contribution in [-0.2, 0) is 0 Å². The molecule has 0 saturated carbocycles. The van der Waals surface area contributed by atoms with Gasteiger partial charge in [-0.25, -0.2) is 0 Å². The first-order chi connectivity index (χ1) is 3.91. The minimum absolute atomic E-state index is 1.51. The molecule has 0 fully saturated rings. The van der Waals surface area contributed by atoms with E-state index >= 15 is 0 Å². The molecule has 0 unspecified atom stereocenters. The summed E-state index contributed by atoms with van der Waals surface area (Å²) in [5.74, 6) is 2.30. The van der Waals surface area contributed by atoms with Crippen molar-refractivity contribution in [2.24, 2.45) is 4.99 Å². The van der Waals surface area contributed by atoms with E-state index in [1.54, 1.807) is 12.3 Å². The lowest BCUT2D eigenvalue weighted by Crippen LogP contribution is -1.55. The van der Waals surface area contributed by atoms with E-state index in [0.29, 0.717) is 0 Å². The molecule has 0 aliphatic carbocycles. The first-order valence-electron chi connectivity index (χ1n) is 2.17. The van der Waals surface area contributed by atoms with Gasteiger partial charge in [0.05, 0.1) is 0 Å². The second-order valence-electron chi connectivity index (χ2n) is 1.02. The first-order valence-corrected chi connectivity index (χ1v) is 2.17. The Morgan fingerprint density at radius 1 is 1.62 bits per heavy atom. The van der Waals surface area contributed by atoms with Gasteiger partial charge in [0.2, 0.25) is 0 Å². The first kappa shape index (κ1) is 6.71. The SMILES string of the molecule is C#C/C=C\N=CC=C. The van der Waals surface area contributed by atoms with Gasteiger partial charge in [0.25, 0.3) is 0 Å². The van der Waals surface area contributed by atoms with Crippen LogP contribution in [0.4, 0.5) is 0 Å². The quantitative estimate of drug-likeness (QED) is 0.371. The monoisotopic (exact) mass is 105 g/mol. The molecular weight excluding hydrogens is 98.1 g/mol. The summed E-state index contributed by atoms with van der Waals surface area (Å²) < 4.78 is 0. The molecule has 0 aliphatic rings. The van der Waals surface area contributed by atoms with Crippen molar-refractivity contribution in [1.82, 2.24) is 0 Å². The zero-order valence-electron chi connectivity index (χ0n) is 4.54. The van der Waals surface area contributed by atoms with E-state index in [1.165, 1.54) is 12.3 Å². The fraction of sp³-hybridized carbons (Fsp3) is 0. The Morgan fingerprint density at radius 2 is 2.38 bits per heavy atom. The molecule has 0 atom stereocenters. The van der Waals surface area contributed by atoms with Gasteiger partial charge in [-0.1, -0.05) is 18.6 Å². The fourth-order valence-corrected chi connectivity index (χ4v) is 0.197. The lowest BCUT2D eigenvalue weighted by Gasteiger charge is -1.66. The molecule has 0 aromatic carbocycles. The van der Waals surface area contributed by atoms with Crippen LogP contribution in [0.3, 0.4) is 0 Å². The third-order valence-electron chi connectivity index (χ3n) is 0.448. The van der Waals surface area contributed by atoms with Crippen LogP contribution in [-0.4, -0.2) is 6.21 Å². The lowest BCUT2D eigenvalue weighted by molar-refractivity contribution is 1.61. The van der Waals surface area contributed by atoms with Crippen molar-refractivity contribution < 1.29 is 0 Å². The maximum atomic E-state index is 4.87. The molecule has 0 aliphatic heterocycles. The standard InChI is InChI=1S/C7H7N/c1-3-5-7-8-6-4-2/h1,4-7H,2H2/b7-5-,8-6?. The number of rotatable bonds is 2. The molecule has 0 radical (unpaired) electrons. The highest BCUT2D eigenvalue weighted by molar-refractivity contribution is 5.70. The van der Waals surface area contributed by atoms with Crippen LogP contribution in [0.15, 0.2) is 29.9 Å². The highest BCUT2D eigenvalue weighted by Crippen LogP contribution is 1.69. The second kappa shape index (κ2) is 5.71. The number of aliphatic imine (C=N–C) groups is 1. The van der Waals surface area contributed by atoms with Gasteiger partial charge >= 0.3 is 0 Å². The van der Waals surface area contributed by atoms with E-state index in [0.717, 1.165) is 0 Å². The molecule has 0 bridgehead atoms. The molecule has 0 aromatic heterocycles. The average Bonchev–Trinajstić information content (AvgIpc) is 1.81. The molecule has 0 amide bonds. The summed E-state index contributed by atoms with van der Waals surface area (Å²) in [6.07, 6.45) is 11.1. The van der Waals surface area contributed by atoms with Gasteiger partial charge in [-0.15, -0.1) is 6.42 Å². The van der Waals surface area contributed by atoms with Crippen molar-refractivity contribution >= 4 is 6.21 Å². The van der Waals surface area contributed by atoms with E-state index in [9.17, 15) is 0 Å². The fourth-order valence-electron chi connectivity index (χ4n) is 0.197. The van der Waals surface area contributed by atoms with E-state index in [1.807, 2.05) is 0 Å². The average molecular weight is 105 g/mol. The van der Waals surface area contributed by atoms with Crippen LogP contribution < -0.4 is 0 Å². The molecule has 0 heterocycles. The zero-order valence-corrected chi connectivity index (χ0v) is 4.54. The van der Waals surface area contributed by atoms with Crippen LogP contribution in [0.5, 0.6) is 0 Å². The largest absolute Gasteiger partial charge is 0.264 e. The highest BCUT2D eigenvalue weighted by Gasteiger charge is 1.54. The third-order valence-corrected chi connectivity index (χ3v) is 0.448. The van der Waals surface area contributed by atoms with Gasteiger partial charge in [0.15, 0.2) is 0 Å². The Labute approximate surface area is 49.4 Å². The Kier molecular flexibility index (Phi) is 4.79. The number of nitrogens with zero attached hydrogens (tertiary/aromatic N) is 1. The smallest absolute Gasteiger partial charge is 0.0351 e. The van der Waals surface area contributed by atoms with Crippen LogP contribution in [0.2, 0.25) is 0 Å². The predicted octanol–water partition coefficient (Wildman–Crippen LogP) is 1.39. The summed E-state index contributed by atoms with van der Waals surface area (Å²) in [4.78, 5) is 3.71. The minimum Gasteiger partial charge on any atom is -0.264 e. The van der Waals surface area contributed by atoms with E-state index in [4.69, 9.17) is 6.42 Å². The second-order valence-corrected chi connectivity index (χ2v) is 1.02. The van der Waals surface area contributed by atoms with Gasteiger partial charge < -0.3 is 0 Å². The molecule has 0 rings (SSSR count). The molecule has 0 aromatic rings. The predicted molar refractivity (Wildman–Crippen MR) is 36.7 cm³/mol. The Balaban J connectivity index is 3.46. The van der Waals surface area contributed by atoms with E-state index < -0.39 is 0 Å². The Bertz CT molecular complexity index is 146. The summed E-state index contributed by atoms with van der Waals surface area (Å²) in [5.41, 5.74) is 0. The number of allylic oxidation sites excluding steroid dienone is 2. The van der Waals surface area contributed by atoms with Gasteiger partial charge in [-0.05, 0) is 0 Å². The summed E-state index contributed by atoms with van der Waals surface area (Å²) >= 11 is 0. The third kappa shape index (κ3) is 4.71. The van der Waals surface area contributed by atoms with Crippen molar-refractivity contribution in [3.05, 3.63) is 24.9 Å². The molecule has 1 nitrogen and oxygen atoms in total. The summed E-state index contributed by atoms with van der Waals surface area (Å²) in [6.45, 7) is 3.42. The maximum absolute atomic E-state index is 4.87. The topological polar surface area (TPSA) is 12.4 Å². The van der Waals surface area contributed by atoms with Crippen LogP contribution in [0.25, 0.3) is 0 Å². The lowest BCUT2D eigenvalue weighted by atomic mass is 10.6. The minimum atomic E-state index is 1.51. The molecule has 0 N–H and O–H groups in total. The summed E-state index contributed by atoms with van der Waals surface area (Å²) in [7, 11) is 0. The van der Waals surface area contributed by atoms with Crippen molar-refractivity contribution in [3.63, 3.8) is 0 Å². The van der Waals surface area contributed by atoms with Gasteiger partial charge in [-0.2, -0.15) is 0 Å². The molecule has 0 spiro atoms. The van der Waals surface area contributed by atoms with Crippen LogP contribution in [0, 0.1) is 12.3 Å². The maximum Gasteiger partial charge on any atom is 0.0351 e. The van der Waals surface area contributed by atoms with E-state index in [-0.39, 0.29) is 0 Å². The van der Waals surface area contributed by atoms with Crippen molar-refractivity contribution in [2.75, 3.05) is 0 Å². The molecule has 1 heteroatoms. The molecule has 0 saturated heterocycles. The van der Waals surface area contributed by atoms with Gasteiger partial charge in [0, 0.05) is 18.5 Å². The summed E-state index contributed by atoms with van der Waals surface area (Å²) in [5, 5.41) is 0. The van der Waals surface area contributed by atoms with Crippen LogP contribution >= 0.6 is 0 Å². The zero-order chi connectivity index (χ0) is 6.24. The van der Waals surface area contributed by atoms with Gasteiger partial charge in [0.1, 0.15) is 0 Å². The van der Waals surface area contributed by atoms with Crippen LogP contribution in [0.1, 0.15) is 0 Å². The van der Waals surface area contributed by atoms with Crippen molar-refractivity contribution in [1.29, 1.82) is 0 Å². The Hall–Kier alpha value is -1.29. The number of hydrogen-bond donors (Lipinski definition) is 0. The van der Waals surface area contributed by atoms with E-state index in [2.05, 4.69) is 17.5 Å². The molecular formula is C7H7N. The molecule has 40 valence electrons.